The van der Waals surface area contributed by atoms with E-state index in [-0.39, 0.29) is 11.4 Å². The lowest BCUT2D eigenvalue weighted by molar-refractivity contribution is -0.385. The molecule has 7 nitrogen and oxygen atoms in total. The highest BCUT2D eigenvalue weighted by molar-refractivity contribution is 5.91. The van der Waals surface area contributed by atoms with Crippen LogP contribution in [0.5, 0.6) is 0 Å². The highest BCUT2D eigenvalue weighted by atomic mass is 16.6. The first-order valence-electron chi connectivity index (χ1n) is 6.21. The number of amides is 1. The van der Waals surface area contributed by atoms with E-state index in [1.807, 2.05) is 6.07 Å². The number of nitrogens with two attached hydrogens (primary N) is 1. The van der Waals surface area contributed by atoms with Crippen LogP contribution in [-0.4, -0.2) is 15.8 Å². The molecule has 108 valence electrons. The smallest absolute Gasteiger partial charge is 0.272 e. The zero-order chi connectivity index (χ0) is 15.4. The predicted molar refractivity (Wildman–Crippen MR) is 77.9 cm³/mol. The minimum absolute atomic E-state index is 0.0850. The van der Waals surface area contributed by atoms with Crippen LogP contribution in [0, 0.1) is 17.0 Å². The van der Waals surface area contributed by atoms with Gasteiger partial charge in [0.05, 0.1) is 4.92 Å². The summed E-state index contributed by atoms with van der Waals surface area (Å²) in [7, 11) is 0. The number of nitrogens with one attached hydrogen (secondary N) is 1. The van der Waals surface area contributed by atoms with E-state index in [1.165, 1.54) is 18.3 Å². The summed E-state index contributed by atoms with van der Waals surface area (Å²) in [6.45, 7) is 2.10. The van der Waals surface area contributed by atoms with Crippen molar-refractivity contribution in [2.24, 2.45) is 5.73 Å². The fourth-order valence-corrected chi connectivity index (χ4v) is 1.93. The van der Waals surface area contributed by atoms with E-state index >= 15 is 0 Å². The van der Waals surface area contributed by atoms with Gasteiger partial charge in [0.15, 0.2) is 0 Å². The topological polar surface area (TPSA) is 111 Å². The maximum absolute atomic E-state index is 11.1. The molecule has 1 amide bonds. The number of anilines is 1. The molecular formula is C14H14N4O3. The number of aromatic nitrogens is 1. The lowest BCUT2D eigenvalue weighted by Gasteiger charge is -2.09. The number of carbonyl (C=O) groups excluding carboxylic acids is 1. The first kappa shape index (κ1) is 14.4. The van der Waals surface area contributed by atoms with Crippen molar-refractivity contribution in [3.05, 3.63) is 63.5 Å². The van der Waals surface area contributed by atoms with Crippen LogP contribution in [0.15, 0.2) is 36.5 Å². The van der Waals surface area contributed by atoms with Crippen molar-refractivity contribution in [3.8, 4) is 0 Å². The summed E-state index contributed by atoms with van der Waals surface area (Å²) in [5.41, 5.74) is 7.50. The molecule has 3 N–H and O–H groups in total. The molecule has 0 saturated carbocycles. The Morgan fingerprint density at radius 3 is 2.86 bits per heavy atom. The Bertz CT molecular complexity index is 700. The van der Waals surface area contributed by atoms with Crippen molar-refractivity contribution < 1.29 is 9.72 Å². The molecule has 0 unspecified atom stereocenters. The maximum Gasteiger partial charge on any atom is 0.272 e. The number of hydrogen-bond donors (Lipinski definition) is 2. The normalized spacial score (nSPS) is 10.1. The van der Waals surface area contributed by atoms with E-state index in [9.17, 15) is 14.9 Å². The average molecular weight is 286 g/mol. The molecule has 2 aromatic rings. The van der Waals surface area contributed by atoms with Crippen molar-refractivity contribution in [2.45, 2.75) is 13.5 Å². The van der Waals surface area contributed by atoms with Gasteiger partial charge in [0.25, 0.3) is 11.6 Å². The van der Waals surface area contributed by atoms with Gasteiger partial charge in [-0.25, -0.2) is 0 Å². The van der Waals surface area contributed by atoms with Crippen LogP contribution < -0.4 is 11.1 Å². The molecule has 0 radical (unpaired) electrons. The number of nitro benzene ring substituents is 1. The van der Waals surface area contributed by atoms with E-state index in [0.29, 0.717) is 17.8 Å². The predicted octanol–water partition coefficient (Wildman–Crippen LogP) is 2.01. The van der Waals surface area contributed by atoms with Crippen LogP contribution >= 0.6 is 0 Å². The standard InChI is InChI=1S/C14H14N4O3/c1-9-10(3-2-4-13(9)18(20)21)8-17-11-5-6-16-12(7-11)14(15)19/h2-7H,8H2,1H3,(H2,15,19)(H,16,17). The summed E-state index contributed by atoms with van der Waals surface area (Å²) < 4.78 is 0. The molecule has 0 aliphatic carbocycles. The SMILES string of the molecule is Cc1c(CNc2ccnc(C(N)=O)c2)cccc1[N+](=O)[O-]. The van der Waals surface area contributed by atoms with E-state index in [0.717, 1.165) is 5.56 Å². The van der Waals surface area contributed by atoms with E-state index in [2.05, 4.69) is 10.3 Å². The Labute approximate surface area is 121 Å². The highest BCUT2D eigenvalue weighted by Gasteiger charge is 2.12. The van der Waals surface area contributed by atoms with Crippen molar-refractivity contribution in [2.75, 3.05) is 5.32 Å². The molecule has 0 bridgehead atoms. The first-order valence-corrected chi connectivity index (χ1v) is 6.21. The van der Waals surface area contributed by atoms with Gasteiger partial charge in [0.1, 0.15) is 5.69 Å². The molecule has 1 aromatic carbocycles. The van der Waals surface area contributed by atoms with Crippen molar-refractivity contribution in [1.29, 1.82) is 0 Å². The molecule has 0 atom stereocenters. The third kappa shape index (κ3) is 3.33. The number of carbonyl (C=O) groups is 1. The number of nitro groups is 1. The van der Waals surface area contributed by atoms with Crippen molar-refractivity contribution >= 4 is 17.3 Å². The second kappa shape index (κ2) is 6.00. The Morgan fingerprint density at radius 1 is 1.43 bits per heavy atom. The lowest BCUT2D eigenvalue weighted by atomic mass is 10.1. The molecule has 0 aliphatic heterocycles. The van der Waals surface area contributed by atoms with Gasteiger partial charge in [-0.1, -0.05) is 12.1 Å². The lowest BCUT2D eigenvalue weighted by Crippen LogP contribution is -2.13. The summed E-state index contributed by atoms with van der Waals surface area (Å²) in [4.78, 5) is 25.4. The molecule has 21 heavy (non-hydrogen) atoms. The van der Waals surface area contributed by atoms with Crippen LogP contribution in [0.25, 0.3) is 0 Å². The number of benzene rings is 1. The van der Waals surface area contributed by atoms with Crippen LogP contribution in [-0.2, 0) is 6.54 Å². The van der Waals surface area contributed by atoms with Gasteiger partial charge in [-0.2, -0.15) is 0 Å². The second-order valence-corrected chi connectivity index (χ2v) is 4.47. The second-order valence-electron chi connectivity index (χ2n) is 4.47. The summed E-state index contributed by atoms with van der Waals surface area (Å²) in [5.74, 6) is -0.606. The first-order chi connectivity index (χ1) is 9.99. The third-order valence-electron chi connectivity index (χ3n) is 3.11. The fraction of sp³-hybridized carbons (Fsp3) is 0.143. The number of primary amides is 1. The number of pyridine rings is 1. The third-order valence-corrected chi connectivity index (χ3v) is 3.11. The van der Waals surface area contributed by atoms with Crippen LogP contribution in [0.1, 0.15) is 21.6 Å². The number of nitrogens with zero attached hydrogens (tertiary/aromatic N) is 2. The van der Waals surface area contributed by atoms with Crippen LogP contribution in [0.2, 0.25) is 0 Å². The molecule has 2 rings (SSSR count). The summed E-state index contributed by atoms with van der Waals surface area (Å²) in [5, 5.41) is 14.0. The van der Waals surface area contributed by atoms with Gasteiger partial charge in [-0.15, -0.1) is 0 Å². The fourth-order valence-electron chi connectivity index (χ4n) is 1.93. The summed E-state index contributed by atoms with van der Waals surface area (Å²) >= 11 is 0. The van der Waals surface area contributed by atoms with Gasteiger partial charge in [-0.05, 0) is 24.6 Å². The molecule has 7 heteroatoms. The quantitative estimate of drug-likeness (QED) is 0.645. The monoisotopic (exact) mass is 286 g/mol. The van der Waals surface area contributed by atoms with Crippen LogP contribution in [0.4, 0.5) is 11.4 Å². The zero-order valence-corrected chi connectivity index (χ0v) is 11.4. The van der Waals surface area contributed by atoms with Crippen LogP contribution in [0.3, 0.4) is 0 Å². The van der Waals surface area contributed by atoms with E-state index < -0.39 is 10.8 Å². The minimum Gasteiger partial charge on any atom is -0.381 e. The molecule has 1 aromatic heterocycles. The molecule has 1 heterocycles. The van der Waals surface area contributed by atoms with Gasteiger partial charge in [0.2, 0.25) is 0 Å². The van der Waals surface area contributed by atoms with Gasteiger partial charge >= 0.3 is 0 Å². The summed E-state index contributed by atoms with van der Waals surface area (Å²) in [6, 6.07) is 8.15. The molecule has 0 spiro atoms. The van der Waals surface area contributed by atoms with Gasteiger partial charge in [-0.3, -0.25) is 19.9 Å². The van der Waals surface area contributed by atoms with Crippen molar-refractivity contribution in [3.63, 3.8) is 0 Å². The number of rotatable bonds is 5. The van der Waals surface area contributed by atoms with E-state index in [1.54, 1.807) is 19.1 Å². The number of hydrogen-bond acceptors (Lipinski definition) is 5. The largest absolute Gasteiger partial charge is 0.381 e. The van der Waals surface area contributed by atoms with Gasteiger partial charge < -0.3 is 11.1 Å². The minimum atomic E-state index is -0.606. The highest BCUT2D eigenvalue weighted by Crippen LogP contribution is 2.22. The maximum atomic E-state index is 11.1. The van der Waals surface area contributed by atoms with Crippen molar-refractivity contribution in [1.82, 2.24) is 4.98 Å². The zero-order valence-electron chi connectivity index (χ0n) is 11.4. The molecule has 0 aliphatic rings. The van der Waals surface area contributed by atoms with E-state index in [4.69, 9.17) is 5.73 Å². The molecule has 0 fully saturated rings. The Kier molecular flexibility index (Phi) is 4.13. The summed E-state index contributed by atoms with van der Waals surface area (Å²) in [6.07, 6.45) is 1.47. The van der Waals surface area contributed by atoms with Gasteiger partial charge in [0, 0.05) is 30.1 Å². The Balaban J connectivity index is 2.17. The Morgan fingerprint density at radius 2 is 2.19 bits per heavy atom. The average Bonchev–Trinajstić information content (AvgIpc) is 2.46. The molecular weight excluding hydrogens is 272 g/mol. The Hall–Kier alpha value is -2.96. The molecule has 0 saturated heterocycles.